The second kappa shape index (κ2) is 4.65. The molecule has 1 aliphatic heterocycles. The molecule has 1 saturated heterocycles. The van der Waals surface area contributed by atoms with E-state index in [1.807, 2.05) is 0 Å². The van der Waals surface area contributed by atoms with E-state index >= 15 is 0 Å². The van der Waals surface area contributed by atoms with E-state index in [1.165, 1.54) is 12.8 Å². The van der Waals surface area contributed by atoms with E-state index in [9.17, 15) is 8.42 Å². The Morgan fingerprint density at radius 3 is 2.12 bits per heavy atom. The lowest BCUT2D eigenvalue weighted by molar-refractivity contribution is 0.155. The van der Waals surface area contributed by atoms with Gasteiger partial charge in [0.15, 0.2) is 0 Å². The first-order valence-electron chi connectivity index (χ1n) is 6.43. The molecule has 0 unspecified atom stereocenters. The molecule has 0 radical (unpaired) electrons. The summed E-state index contributed by atoms with van der Waals surface area (Å²) in [5, 5.41) is 3.61. The van der Waals surface area contributed by atoms with Gasteiger partial charge in [-0.05, 0) is 37.5 Å². The molecule has 0 aromatic carbocycles. The highest BCUT2D eigenvalue weighted by Gasteiger charge is 2.33. The van der Waals surface area contributed by atoms with Gasteiger partial charge in [-0.15, -0.1) is 0 Å². The molecule has 0 bridgehead atoms. The minimum atomic E-state index is -2.70. The third-order valence-electron chi connectivity index (χ3n) is 4.14. The van der Waals surface area contributed by atoms with Gasteiger partial charge >= 0.3 is 0 Å². The van der Waals surface area contributed by atoms with Crippen molar-refractivity contribution in [2.75, 3.05) is 11.5 Å². The highest BCUT2D eigenvalue weighted by Crippen LogP contribution is 2.34. The Balaban J connectivity index is 1.69. The number of nitrogens with one attached hydrogen (secondary N) is 1. The van der Waals surface area contributed by atoms with Crippen LogP contribution in [0.4, 0.5) is 0 Å². The molecule has 2 fully saturated rings. The Labute approximate surface area is 98.9 Å². The summed E-state index contributed by atoms with van der Waals surface area (Å²) in [5.74, 6) is 2.44. The van der Waals surface area contributed by atoms with Crippen LogP contribution in [0, 0.1) is 11.8 Å². The Kier molecular flexibility index (Phi) is 3.59. The van der Waals surface area contributed by atoms with Crippen molar-refractivity contribution in [3.63, 3.8) is 0 Å². The average molecular weight is 245 g/mol. The van der Waals surface area contributed by atoms with Crippen molar-refractivity contribution < 1.29 is 8.42 Å². The van der Waals surface area contributed by atoms with Crippen LogP contribution in [0.3, 0.4) is 0 Å². The Bertz CT molecular complexity index is 317. The molecule has 4 heteroatoms. The lowest BCUT2D eigenvalue weighted by Crippen LogP contribution is -2.49. The highest BCUT2D eigenvalue weighted by molar-refractivity contribution is 7.91. The molecule has 94 valence electrons. The van der Waals surface area contributed by atoms with Crippen molar-refractivity contribution in [2.24, 2.45) is 11.8 Å². The summed E-state index contributed by atoms with van der Waals surface area (Å²) < 4.78 is 22.6. The third kappa shape index (κ3) is 2.98. The number of hydrogen-bond donors (Lipinski definition) is 1. The van der Waals surface area contributed by atoms with Crippen LogP contribution < -0.4 is 5.32 Å². The summed E-state index contributed by atoms with van der Waals surface area (Å²) in [6, 6.07) is 1.10. The summed E-state index contributed by atoms with van der Waals surface area (Å²) in [6.07, 6.45) is 4.18. The molecule has 0 aromatic heterocycles. The minimum absolute atomic E-state index is 0.380. The Morgan fingerprint density at radius 2 is 1.62 bits per heavy atom. The Hall–Kier alpha value is -0.0900. The number of sulfone groups is 1. The fourth-order valence-electron chi connectivity index (χ4n) is 2.73. The van der Waals surface area contributed by atoms with Crippen molar-refractivity contribution in [3.8, 4) is 0 Å². The first kappa shape index (κ1) is 12.4. The fourth-order valence-corrected chi connectivity index (χ4v) is 4.22. The van der Waals surface area contributed by atoms with Crippen molar-refractivity contribution >= 4 is 9.84 Å². The van der Waals surface area contributed by atoms with E-state index in [2.05, 4.69) is 19.2 Å². The smallest absolute Gasteiger partial charge is 0.150 e. The van der Waals surface area contributed by atoms with Gasteiger partial charge in [0.1, 0.15) is 9.84 Å². The molecule has 16 heavy (non-hydrogen) atoms. The predicted molar refractivity (Wildman–Crippen MR) is 66.2 cm³/mol. The normalized spacial score (nSPS) is 34.9. The van der Waals surface area contributed by atoms with Crippen molar-refractivity contribution in [2.45, 2.75) is 51.6 Å². The SMILES string of the molecule is CC(C)C1CC(NC2CCS(=O)(=O)CC2)C1. The van der Waals surface area contributed by atoms with E-state index in [1.54, 1.807) is 0 Å². The van der Waals surface area contributed by atoms with Gasteiger partial charge in [-0.1, -0.05) is 13.8 Å². The standard InChI is InChI=1S/C12H23NO2S/c1-9(2)10-7-12(8-10)13-11-3-5-16(14,15)6-4-11/h9-13H,3-8H2,1-2H3. The predicted octanol–water partition coefficient (Wildman–Crippen LogP) is 1.59. The van der Waals surface area contributed by atoms with Crippen molar-refractivity contribution in [1.82, 2.24) is 5.32 Å². The molecule has 1 heterocycles. The zero-order valence-electron chi connectivity index (χ0n) is 10.3. The second-order valence-electron chi connectivity index (χ2n) is 5.77. The molecule has 3 nitrogen and oxygen atoms in total. The quantitative estimate of drug-likeness (QED) is 0.821. The molecule has 1 aliphatic carbocycles. The van der Waals surface area contributed by atoms with Crippen LogP contribution >= 0.6 is 0 Å². The van der Waals surface area contributed by atoms with Gasteiger partial charge in [0, 0.05) is 12.1 Å². The van der Waals surface area contributed by atoms with E-state index in [0.717, 1.165) is 24.7 Å². The molecule has 2 aliphatic rings. The molecular formula is C12H23NO2S. The van der Waals surface area contributed by atoms with Gasteiger partial charge in [-0.3, -0.25) is 0 Å². The van der Waals surface area contributed by atoms with Gasteiger partial charge < -0.3 is 5.32 Å². The minimum Gasteiger partial charge on any atom is -0.311 e. The summed E-state index contributed by atoms with van der Waals surface area (Å²) >= 11 is 0. The van der Waals surface area contributed by atoms with Crippen LogP contribution in [-0.4, -0.2) is 32.0 Å². The molecule has 2 rings (SSSR count). The van der Waals surface area contributed by atoms with Crippen molar-refractivity contribution in [1.29, 1.82) is 0 Å². The fraction of sp³-hybridized carbons (Fsp3) is 1.00. The topological polar surface area (TPSA) is 46.2 Å². The Morgan fingerprint density at radius 1 is 1.06 bits per heavy atom. The lowest BCUT2D eigenvalue weighted by atomic mass is 9.73. The zero-order chi connectivity index (χ0) is 11.8. The molecule has 0 amide bonds. The first-order chi connectivity index (χ1) is 7.46. The van der Waals surface area contributed by atoms with Crippen LogP contribution in [0.2, 0.25) is 0 Å². The van der Waals surface area contributed by atoms with Crippen LogP contribution in [0.15, 0.2) is 0 Å². The summed E-state index contributed by atoms with van der Waals surface area (Å²) in [7, 11) is -2.70. The van der Waals surface area contributed by atoms with Crippen LogP contribution in [0.5, 0.6) is 0 Å². The summed E-state index contributed by atoms with van der Waals surface area (Å²) in [4.78, 5) is 0. The zero-order valence-corrected chi connectivity index (χ0v) is 11.1. The van der Waals surface area contributed by atoms with Gasteiger partial charge in [-0.25, -0.2) is 8.42 Å². The first-order valence-corrected chi connectivity index (χ1v) is 8.25. The van der Waals surface area contributed by atoms with E-state index < -0.39 is 9.84 Å². The van der Waals surface area contributed by atoms with Crippen molar-refractivity contribution in [3.05, 3.63) is 0 Å². The summed E-state index contributed by atoms with van der Waals surface area (Å²) in [5.41, 5.74) is 0. The second-order valence-corrected chi connectivity index (χ2v) is 8.07. The van der Waals surface area contributed by atoms with Crippen LogP contribution in [-0.2, 0) is 9.84 Å². The molecule has 1 saturated carbocycles. The van der Waals surface area contributed by atoms with Crippen LogP contribution in [0.25, 0.3) is 0 Å². The van der Waals surface area contributed by atoms with Crippen LogP contribution in [0.1, 0.15) is 39.5 Å². The largest absolute Gasteiger partial charge is 0.311 e. The molecule has 0 spiro atoms. The average Bonchev–Trinajstić information content (AvgIpc) is 2.12. The summed E-state index contributed by atoms with van der Waals surface area (Å²) in [6.45, 7) is 4.57. The van der Waals surface area contributed by atoms with Gasteiger partial charge in [-0.2, -0.15) is 0 Å². The number of hydrogen-bond acceptors (Lipinski definition) is 3. The third-order valence-corrected chi connectivity index (χ3v) is 5.86. The highest BCUT2D eigenvalue weighted by atomic mass is 32.2. The maximum Gasteiger partial charge on any atom is 0.150 e. The lowest BCUT2D eigenvalue weighted by Gasteiger charge is -2.41. The number of rotatable bonds is 3. The molecule has 0 aromatic rings. The van der Waals surface area contributed by atoms with E-state index in [4.69, 9.17) is 0 Å². The van der Waals surface area contributed by atoms with Gasteiger partial charge in [0.25, 0.3) is 0 Å². The molecule has 1 N–H and O–H groups in total. The van der Waals surface area contributed by atoms with E-state index in [0.29, 0.717) is 23.6 Å². The maximum atomic E-state index is 11.3. The van der Waals surface area contributed by atoms with Gasteiger partial charge in [0.05, 0.1) is 11.5 Å². The molecule has 0 atom stereocenters. The van der Waals surface area contributed by atoms with Gasteiger partial charge in [0.2, 0.25) is 0 Å². The monoisotopic (exact) mass is 245 g/mol. The maximum absolute atomic E-state index is 11.3. The molecular weight excluding hydrogens is 222 g/mol. The van der Waals surface area contributed by atoms with E-state index in [-0.39, 0.29) is 0 Å².